The van der Waals surface area contributed by atoms with Gasteiger partial charge < -0.3 is 21.5 Å². The van der Waals surface area contributed by atoms with Gasteiger partial charge in [0.25, 0.3) is 5.91 Å². The highest BCUT2D eigenvalue weighted by Gasteiger charge is 2.24. The number of carbonyl (C=O) groups excluding carboxylic acids is 1. The molecule has 0 saturated heterocycles. The molecule has 28 heavy (non-hydrogen) atoms. The third kappa shape index (κ3) is 3.69. The first-order valence-electron chi connectivity index (χ1n) is 8.23. The number of primary amides is 1. The number of hydrogen-bond acceptors (Lipinski definition) is 10. The topological polar surface area (TPSA) is 158 Å². The molecule has 3 rings (SSSR count). The Balaban J connectivity index is 2.25. The fourth-order valence-corrected chi connectivity index (χ4v) is 3.56. The van der Waals surface area contributed by atoms with Crippen molar-refractivity contribution < 1.29 is 9.53 Å². The molecule has 11 heteroatoms. The zero-order valence-corrected chi connectivity index (χ0v) is 16.3. The van der Waals surface area contributed by atoms with E-state index >= 15 is 0 Å². The van der Waals surface area contributed by atoms with Gasteiger partial charge in [-0.25, -0.2) is 9.97 Å². The lowest BCUT2D eigenvalue weighted by atomic mass is 10.1. The first kappa shape index (κ1) is 19.4. The molecule has 0 saturated carbocycles. The molecule has 0 fully saturated rings. The smallest absolute Gasteiger partial charge is 0.260 e. The van der Waals surface area contributed by atoms with Gasteiger partial charge in [0.1, 0.15) is 27.7 Å². The largest absolute Gasteiger partial charge is 0.497 e. The summed E-state index contributed by atoms with van der Waals surface area (Å²) in [5.74, 6) is 0.184. The summed E-state index contributed by atoms with van der Waals surface area (Å²) >= 11 is 1.07. The van der Waals surface area contributed by atoms with Gasteiger partial charge in [0.15, 0.2) is 0 Å². The van der Waals surface area contributed by atoms with Crippen LogP contribution in [-0.4, -0.2) is 40.1 Å². The van der Waals surface area contributed by atoms with Crippen molar-refractivity contribution in [1.82, 2.24) is 15.0 Å². The maximum Gasteiger partial charge on any atom is 0.260 e. The van der Waals surface area contributed by atoms with Gasteiger partial charge in [-0.15, -0.1) is 11.3 Å². The van der Waals surface area contributed by atoms with Crippen LogP contribution in [-0.2, 0) is 0 Å². The van der Waals surface area contributed by atoms with Crippen molar-refractivity contribution >= 4 is 39.1 Å². The zero-order valence-electron chi connectivity index (χ0n) is 15.5. The van der Waals surface area contributed by atoms with Crippen molar-refractivity contribution in [1.29, 1.82) is 0 Å². The van der Waals surface area contributed by atoms with Crippen LogP contribution in [0.4, 0.5) is 11.6 Å². The van der Waals surface area contributed by atoms with Crippen molar-refractivity contribution in [3.8, 4) is 17.1 Å². The molecule has 3 aromatic rings. The molecular formula is C17H19N7O3S. The highest BCUT2D eigenvalue weighted by atomic mass is 32.1. The quantitative estimate of drug-likeness (QED) is 0.509. The van der Waals surface area contributed by atoms with Gasteiger partial charge in [0, 0.05) is 12.3 Å². The number of nitrogens with two attached hydrogens (primary N) is 2. The number of aromatic nitrogens is 3. The van der Waals surface area contributed by atoms with Crippen LogP contribution in [0.1, 0.15) is 23.5 Å². The maximum atomic E-state index is 11.7. The molecular weight excluding hydrogens is 382 g/mol. The van der Waals surface area contributed by atoms with Crippen molar-refractivity contribution in [2.75, 3.05) is 24.7 Å². The van der Waals surface area contributed by atoms with Gasteiger partial charge in [-0.05, 0) is 19.9 Å². The lowest BCUT2D eigenvalue weighted by Crippen LogP contribution is -2.35. The second-order valence-electron chi connectivity index (χ2n) is 6.66. The number of nitrogens with zero attached hydrogens (tertiary/aromatic N) is 4. The fourth-order valence-electron chi connectivity index (χ4n) is 2.62. The van der Waals surface area contributed by atoms with Crippen molar-refractivity contribution in [3.05, 3.63) is 28.1 Å². The van der Waals surface area contributed by atoms with E-state index < -0.39 is 11.4 Å². The Bertz CT molecular complexity index is 1060. The summed E-state index contributed by atoms with van der Waals surface area (Å²) < 4.78 is 5.26. The Morgan fingerprint density at radius 3 is 2.79 bits per heavy atom. The number of thiophene rings is 1. The molecule has 10 nitrogen and oxygen atoms in total. The molecule has 146 valence electrons. The van der Waals surface area contributed by atoms with Gasteiger partial charge in [-0.2, -0.15) is 4.91 Å². The SMILES string of the molecule is COc1ccnc(-c2nc(NC(C)(C)CN=O)nc3sc(C(N)=O)c(N)c23)c1. The van der Waals surface area contributed by atoms with Crippen LogP contribution in [0, 0.1) is 4.91 Å². The minimum atomic E-state index is -0.677. The third-order valence-corrected chi connectivity index (χ3v) is 5.05. The standard InChI is InChI=1S/C17H19N7O3S/c1-17(2,7-21-26)24-16-22-12(9-6-8(27-3)4-5-20-9)10-11(18)13(14(19)25)28-15(10)23-16/h4-6H,7,18H2,1-3H3,(H2,19,25)(H,22,23,24). The van der Waals surface area contributed by atoms with E-state index in [0.29, 0.717) is 27.4 Å². The van der Waals surface area contributed by atoms with E-state index in [9.17, 15) is 9.70 Å². The Hall–Kier alpha value is -3.34. The number of nitroso groups, excluding NO2 is 1. The van der Waals surface area contributed by atoms with E-state index in [-0.39, 0.29) is 23.1 Å². The summed E-state index contributed by atoms with van der Waals surface area (Å²) in [6.45, 7) is 3.60. The Morgan fingerprint density at radius 1 is 1.39 bits per heavy atom. The number of ether oxygens (including phenoxy) is 1. The lowest BCUT2D eigenvalue weighted by molar-refractivity contribution is 0.100. The normalized spacial score (nSPS) is 11.4. The molecule has 0 aliphatic rings. The molecule has 3 heterocycles. The third-order valence-electron chi connectivity index (χ3n) is 3.93. The minimum absolute atomic E-state index is 0.0141. The molecule has 0 unspecified atom stereocenters. The van der Waals surface area contributed by atoms with Gasteiger partial charge in [0.2, 0.25) is 5.95 Å². The van der Waals surface area contributed by atoms with E-state index in [1.165, 1.54) is 0 Å². The van der Waals surface area contributed by atoms with Gasteiger partial charge >= 0.3 is 0 Å². The summed E-state index contributed by atoms with van der Waals surface area (Å²) in [7, 11) is 1.54. The number of methoxy groups -OCH3 is 1. The average Bonchev–Trinajstić information content (AvgIpc) is 2.97. The number of anilines is 2. The van der Waals surface area contributed by atoms with Crippen LogP contribution in [0.3, 0.4) is 0 Å². The van der Waals surface area contributed by atoms with E-state index in [1.807, 2.05) is 0 Å². The minimum Gasteiger partial charge on any atom is -0.497 e. The second-order valence-corrected chi connectivity index (χ2v) is 7.66. The van der Waals surface area contributed by atoms with Crippen molar-refractivity contribution in [2.45, 2.75) is 19.4 Å². The van der Waals surface area contributed by atoms with Crippen LogP contribution < -0.4 is 21.5 Å². The van der Waals surface area contributed by atoms with E-state index in [0.717, 1.165) is 11.3 Å². The molecule has 1 amide bonds. The van der Waals surface area contributed by atoms with Crippen LogP contribution in [0.5, 0.6) is 5.75 Å². The van der Waals surface area contributed by atoms with Crippen LogP contribution >= 0.6 is 11.3 Å². The number of nitrogen functional groups attached to an aromatic ring is 1. The fraction of sp³-hybridized carbons (Fsp3) is 0.294. The number of carbonyl (C=O) groups is 1. The zero-order chi connectivity index (χ0) is 20.5. The molecule has 0 bridgehead atoms. The Morgan fingerprint density at radius 2 is 2.14 bits per heavy atom. The molecule has 0 radical (unpaired) electrons. The summed E-state index contributed by atoms with van der Waals surface area (Å²) in [5.41, 5.74) is 12.0. The number of amides is 1. The first-order valence-corrected chi connectivity index (χ1v) is 9.05. The average molecular weight is 401 g/mol. The highest BCUT2D eigenvalue weighted by molar-refractivity contribution is 7.21. The Labute approximate surface area is 164 Å². The van der Waals surface area contributed by atoms with Crippen molar-refractivity contribution in [3.63, 3.8) is 0 Å². The van der Waals surface area contributed by atoms with E-state index in [4.69, 9.17) is 16.2 Å². The molecule has 0 aliphatic carbocycles. The number of nitrogens with one attached hydrogen (secondary N) is 1. The number of fused-ring (bicyclic) bond motifs is 1. The summed E-state index contributed by atoms with van der Waals surface area (Å²) in [5, 5.41) is 6.50. The first-order chi connectivity index (χ1) is 13.3. The van der Waals surface area contributed by atoms with Crippen LogP contribution in [0.25, 0.3) is 21.6 Å². The second kappa shape index (κ2) is 7.35. The highest BCUT2D eigenvalue weighted by Crippen LogP contribution is 2.39. The predicted octanol–water partition coefficient (Wildman–Crippen LogP) is 2.40. The Kier molecular flexibility index (Phi) is 5.10. The predicted molar refractivity (Wildman–Crippen MR) is 108 cm³/mol. The molecule has 0 aliphatic heterocycles. The van der Waals surface area contributed by atoms with Crippen LogP contribution in [0.15, 0.2) is 23.5 Å². The molecule has 3 aromatic heterocycles. The van der Waals surface area contributed by atoms with Crippen molar-refractivity contribution in [2.24, 2.45) is 10.9 Å². The molecule has 0 atom stereocenters. The van der Waals surface area contributed by atoms with Gasteiger partial charge in [-0.1, -0.05) is 5.18 Å². The van der Waals surface area contributed by atoms with E-state index in [1.54, 1.807) is 39.3 Å². The van der Waals surface area contributed by atoms with Gasteiger partial charge in [-0.3, -0.25) is 9.78 Å². The number of hydrogen-bond donors (Lipinski definition) is 3. The van der Waals surface area contributed by atoms with E-state index in [2.05, 4.69) is 25.4 Å². The van der Waals surface area contributed by atoms with Crippen LogP contribution in [0.2, 0.25) is 0 Å². The summed E-state index contributed by atoms with van der Waals surface area (Å²) in [4.78, 5) is 36.4. The van der Waals surface area contributed by atoms with Gasteiger partial charge in [0.05, 0.1) is 29.4 Å². The molecule has 0 aromatic carbocycles. The number of rotatable bonds is 7. The molecule has 0 spiro atoms. The molecule has 5 N–H and O–H groups in total. The maximum absolute atomic E-state index is 11.7. The lowest BCUT2D eigenvalue weighted by Gasteiger charge is -2.23. The summed E-state index contributed by atoms with van der Waals surface area (Å²) in [6.07, 6.45) is 1.58. The monoisotopic (exact) mass is 401 g/mol. The summed E-state index contributed by atoms with van der Waals surface area (Å²) in [6, 6.07) is 3.40. The number of pyridine rings is 1.